The largest absolute Gasteiger partial charge is 0.504 e. The van der Waals surface area contributed by atoms with E-state index < -0.39 is 22.1 Å². The first-order valence-electron chi connectivity index (χ1n) is 6.84. The van der Waals surface area contributed by atoms with Crippen molar-refractivity contribution in [2.45, 2.75) is 19.8 Å². The first-order chi connectivity index (χ1) is 9.88. The van der Waals surface area contributed by atoms with Gasteiger partial charge in [-0.1, -0.05) is 6.92 Å². The summed E-state index contributed by atoms with van der Waals surface area (Å²) < 4.78 is 0. The summed E-state index contributed by atoms with van der Waals surface area (Å²) in [5.74, 6) is -1.12. The van der Waals surface area contributed by atoms with Gasteiger partial charge in [0.2, 0.25) is 5.75 Å². The molecule has 122 valence electrons. The Labute approximate surface area is 134 Å². The van der Waals surface area contributed by atoms with Crippen LogP contribution in [0, 0.1) is 16.0 Å². The second-order valence-corrected chi connectivity index (χ2v) is 5.50. The third-order valence-corrected chi connectivity index (χ3v) is 3.83. The molecule has 1 heterocycles. The number of piperidine rings is 1. The number of hydrogen-bond donors (Lipinski definition) is 2. The van der Waals surface area contributed by atoms with E-state index >= 15 is 0 Å². The average Bonchev–Trinajstić information content (AvgIpc) is 2.43. The zero-order chi connectivity index (χ0) is 15.6. The topological polar surface area (TPSA) is 104 Å². The Morgan fingerprint density at radius 3 is 2.50 bits per heavy atom. The number of nitrogens with zero attached hydrogens (tertiary/aromatic N) is 2. The van der Waals surface area contributed by atoms with Crippen LogP contribution in [0.1, 0.15) is 30.1 Å². The summed E-state index contributed by atoms with van der Waals surface area (Å²) in [6, 6.07) is 2.07. The smallest absolute Gasteiger partial charge is 0.315 e. The van der Waals surface area contributed by atoms with Crippen LogP contribution in [0.4, 0.5) is 5.69 Å². The van der Waals surface area contributed by atoms with Crippen molar-refractivity contribution in [2.24, 2.45) is 5.92 Å². The van der Waals surface area contributed by atoms with E-state index in [9.17, 15) is 25.1 Å². The minimum atomic E-state index is -0.825. The Morgan fingerprint density at radius 1 is 1.36 bits per heavy atom. The Balaban J connectivity index is 0.00000242. The number of carbonyl (C=O) groups excluding carboxylic acids is 1. The van der Waals surface area contributed by atoms with Crippen LogP contribution in [0.25, 0.3) is 0 Å². The Kier molecular flexibility index (Phi) is 6.13. The van der Waals surface area contributed by atoms with Gasteiger partial charge in [-0.05, 0) is 37.9 Å². The molecule has 0 saturated carbocycles. The number of halogens is 1. The van der Waals surface area contributed by atoms with Crippen LogP contribution < -0.4 is 0 Å². The highest BCUT2D eigenvalue weighted by Gasteiger charge is 2.23. The molecule has 0 bridgehead atoms. The number of hydrogen-bond acceptors (Lipinski definition) is 6. The predicted octanol–water partition coefficient (Wildman–Crippen LogP) is 2.34. The zero-order valence-corrected chi connectivity index (χ0v) is 13.0. The van der Waals surface area contributed by atoms with Gasteiger partial charge in [-0.15, -0.1) is 12.4 Å². The molecule has 1 fully saturated rings. The van der Waals surface area contributed by atoms with E-state index in [0.717, 1.165) is 38.1 Å². The maximum absolute atomic E-state index is 12.2. The number of benzene rings is 1. The molecule has 1 aliphatic heterocycles. The number of carbonyl (C=O) groups is 1. The standard InChI is InChI=1S/C14H18N2O5.ClH/c1-9-2-4-15(5-3-9)8-13(18)10-6-11(16(20)21)14(19)12(17)7-10;/h6-7,9,17,19H,2-5,8H2,1H3;1H. The van der Waals surface area contributed by atoms with E-state index in [2.05, 4.69) is 6.92 Å². The van der Waals surface area contributed by atoms with Gasteiger partial charge in [-0.3, -0.25) is 19.8 Å². The van der Waals surface area contributed by atoms with Crippen LogP contribution in [-0.4, -0.2) is 45.5 Å². The molecular weight excluding hydrogens is 312 g/mol. The summed E-state index contributed by atoms with van der Waals surface area (Å²) in [6.45, 7) is 3.97. The lowest BCUT2D eigenvalue weighted by atomic mass is 9.98. The van der Waals surface area contributed by atoms with Gasteiger partial charge in [-0.2, -0.15) is 0 Å². The lowest BCUT2D eigenvalue weighted by molar-refractivity contribution is -0.386. The van der Waals surface area contributed by atoms with Crippen LogP contribution >= 0.6 is 12.4 Å². The maximum Gasteiger partial charge on any atom is 0.315 e. The van der Waals surface area contributed by atoms with E-state index in [0.29, 0.717) is 5.92 Å². The van der Waals surface area contributed by atoms with Crippen molar-refractivity contribution in [1.82, 2.24) is 4.90 Å². The normalized spacial score (nSPS) is 16.0. The molecule has 2 rings (SSSR count). The molecule has 8 heteroatoms. The van der Waals surface area contributed by atoms with E-state index in [1.165, 1.54) is 0 Å². The van der Waals surface area contributed by atoms with Crippen LogP contribution in [0.3, 0.4) is 0 Å². The number of aromatic hydroxyl groups is 2. The van der Waals surface area contributed by atoms with Gasteiger partial charge in [-0.25, -0.2) is 0 Å². The Bertz CT molecular complexity index is 571. The van der Waals surface area contributed by atoms with Gasteiger partial charge < -0.3 is 10.2 Å². The van der Waals surface area contributed by atoms with Crippen LogP contribution in [0.5, 0.6) is 11.5 Å². The number of nitro benzene ring substituents is 1. The van der Waals surface area contributed by atoms with Gasteiger partial charge in [0.25, 0.3) is 0 Å². The van der Waals surface area contributed by atoms with Crippen molar-refractivity contribution < 1.29 is 19.9 Å². The van der Waals surface area contributed by atoms with E-state index in [4.69, 9.17) is 0 Å². The first-order valence-corrected chi connectivity index (χ1v) is 6.84. The molecule has 0 aliphatic carbocycles. The van der Waals surface area contributed by atoms with Gasteiger partial charge in [0.05, 0.1) is 11.5 Å². The molecule has 0 aromatic heterocycles. The molecule has 0 unspecified atom stereocenters. The highest BCUT2D eigenvalue weighted by molar-refractivity contribution is 5.99. The van der Waals surface area contributed by atoms with Crippen molar-refractivity contribution in [3.8, 4) is 11.5 Å². The van der Waals surface area contributed by atoms with E-state index in [1.54, 1.807) is 0 Å². The third-order valence-electron chi connectivity index (χ3n) is 3.83. The minimum absolute atomic E-state index is 0. The molecule has 22 heavy (non-hydrogen) atoms. The maximum atomic E-state index is 12.2. The molecule has 0 atom stereocenters. The van der Waals surface area contributed by atoms with E-state index in [-0.39, 0.29) is 30.3 Å². The van der Waals surface area contributed by atoms with Gasteiger partial charge >= 0.3 is 5.69 Å². The number of likely N-dealkylation sites (tertiary alicyclic amines) is 1. The number of phenolic OH excluding ortho intramolecular Hbond substituents is 2. The molecule has 1 aromatic carbocycles. The highest BCUT2D eigenvalue weighted by atomic mass is 35.5. The molecule has 7 nitrogen and oxygen atoms in total. The SMILES string of the molecule is CC1CCN(CC(=O)c2cc(O)c(O)c([N+](=O)[O-])c2)CC1.Cl. The Morgan fingerprint density at radius 2 is 1.95 bits per heavy atom. The lowest BCUT2D eigenvalue weighted by Crippen LogP contribution is -2.36. The molecule has 1 aliphatic rings. The fourth-order valence-electron chi connectivity index (χ4n) is 2.42. The van der Waals surface area contributed by atoms with Crippen molar-refractivity contribution in [2.75, 3.05) is 19.6 Å². The second kappa shape index (κ2) is 7.42. The third kappa shape index (κ3) is 4.08. The number of phenols is 2. The fraction of sp³-hybridized carbons (Fsp3) is 0.500. The van der Waals surface area contributed by atoms with Crippen molar-refractivity contribution in [1.29, 1.82) is 0 Å². The number of Topliss-reactive ketones (excluding diaryl/α,β-unsaturated/α-hetero) is 1. The monoisotopic (exact) mass is 330 g/mol. The van der Waals surface area contributed by atoms with Gasteiger partial charge in [0.15, 0.2) is 11.5 Å². The molecule has 1 saturated heterocycles. The summed E-state index contributed by atoms with van der Waals surface area (Å²) in [7, 11) is 0. The number of ketones is 1. The molecule has 0 radical (unpaired) electrons. The lowest BCUT2D eigenvalue weighted by Gasteiger charge is -2.29. The summed E-state index contributed by atoms with van der Waals surface area (Å²) in [4.78, 5) is 24.1. The van der Waals surface area contributed by atoms with E-state index in [1.807, 2.05) is 4.90 Å². The molecular formula is C14H19ClN2O5. The molecule has 1 aromatic rings. The summed E-state index contributed by atoms with van der Waals surface area (Å²) in [6.07, 6.45) is 2.04. The van der Waals surface area contributed by atoms with Crippen LogP contribution in [0.15, 0.2) is 12.1 Å². The van der Waals surface area contributed by atoms with Gasteiger partial charge in [0, 0.05) is 11.6 Å². The highest BCUT2D eigenvalue weighted by Crippen LogP contribution is 2.36. The van der Waals surface area contributed by atoms with Crippen molar-refractivity contribution in [3.63, 3.8) is 0 Å². The molecule has 0 spiro atoms. The fourth-order valence-corrected chi connectivity index (χ4v) is 2.42. The number of nitro groups is 1. The van der Waals surface area contributed by atoms with Crippen molar-refractivity contribution in [3.05, 3.63) is 27.8 Å². The quantitative estimate of drug-likeness (QED) is 0.380. The van der Waals surface area contributed by atoms with Gasteiger partial charge in [0.1, 0.15) is 0 Å². The Hall–Kier alpha value is -1.86. The van der Waals surface area contributed by atoms with Crippen molar-refractivity contribution >= 4 is 23.9 Å². The number of rotatable bonds is 4. The summed E-state index contributed by atoms with van der Waals surface area (Å²) in [5, 5.41) is 29.7. The second-order valence-electron chi connectivity index (χ2n) is 5.50. The van der Waals surface area contributed by atoms with Crippen LogP contribution in [-0.2, 0) is 0 Å². The molecule has 0 amide bonds. The summed E-state index contributed by atoms with van der Waals surface area (Å²) in [5.41, 5.74) is -0.624. The first kappa shape index (κ1) is 18.2. The zero-order valence-electron chi connectivity index (χ0n) is 12.2. The van der Waals surface area contributed by atoms with Crippen LogP contribution in [0.2, 0.25) is 0 Å². The predicted molar refractivity (Wildman–Crippen MR) is 82.8 cm³/mol. The minimum Gasteiger partial charge on any atom is -0.504 e. The molecule has 2 N–H and O–H groups in total. The average molecular weight is 331 g/mol. The summed E-state index contributed by atoms with van der Waals surface area (Å²) >= 11 is 0.